The number of aryl methyl sites for hydroxylation is 1. The zero-order valence-electron chi connectivity index (χ0n) is 16.0. The number of hydrogen-bond donors (Lipinski definition) is 0. The third-order valence-corrected chi connectivity index (χ3v) is 5.50. The first-order valence-electron chi connectivity index (χ1n) is 9.63. The molecule has 1 saturated heterocycles. The summed E-state index contributed by atoms with van der Waals surface area (Å²) in [6, 6.07) is 12.6. The molecule has 0 spiro atoms. The molecule has 1 aromatic heterocycles. The number of halogens is 1. The van der Waals surface area contributed by atoms with E-state index >= 15 is 0 Å². The predicted molar refractivity (Wildman–Crippen MR) is 106 cm³/mol. The summed E-state index contributed by atoms with van der Waals surface area (Å²) in [5.74, 6) is 0.909. The molecule has 0 bridgehead atoms. The maximum absolute atomic E-state index is 14.0. The fourth-order valence-electron chi connectivity index (χ4n) is 3.93. The number of carbonyl (C=O) groups excluding carboxylic acids is 1. The van der Waals surface area contributed by atoms with Crippen molar-refractivity contribution in [2.24, 2.45) is 0 Å². The Kier molecular flexibility index (Phi) is 4.23. The van der Waals surface area contributed by atoms with Crippen LogP contribution in [0.4, 0.5) is 10.1 Å². The lowest BCUT2D eigenvalue weighted by molar-refractivity contribution is 0.0734. The molecule has 1 fully saturated rings. The first kappa shape index (κ1) is 17.7. The van der Waals surface area contributed by atoms with Gasteiger partial charge in [-0.15, -0.1) is 0 Å². The Bertz CT molecular complexity index is 1090. The maximum atomic E-state index is 14.0. The van der Waals surface area contributed by atoms with Crippen LogP contribution in [0.1, 0.15) is 21.6 Å². The Hall–Kier alpha value is -3.35. The molecule has 3 aromatic rings. The van der Waals surface area contributed by atoms with E-state index in [0.29, 0.717) is 48.9 Å². The minimum Gasteiger partial charge on any atom is -0.488 e. The number of nitrogens with zero attached hydrogens (tertiary/aromatic N) is 3. The maximum Gasteiger partial charge on any atom is 0.276 e. The van der Waals surface area contributed by atoms with Crippen LogP contribution in [0.2, 0.25) is 0 Å². The zero-order valence-corrected chi connectivity index (χ0v) is 16.0. The molecule has 2 aliphatic rings. The average molecular weight is 393 g/mol. The number of para-hydroxylation sites is 1. The standard InChI is InChI=1S/C22H20FN3O3/c1-14-6-7-19-15(12-14)21-16(13-28-19)20(24-29-21)22(27)26-10-8-25(9-11-26)18-5-3-2-4-17(18)23/h2-7,12H,8-11,13H2,1H3. The van der Waals surface area contributed by atoms with Crippen LogP contribution in [0.3, 0.4) is 0 Å². The Morgan fingerprint density at radius 3 is 2.69 bits per heavy atom. The van der Waals surface area contributed by atoms with E-state index < -0.39 is 0 Å². The number of piperazine rings is 1. The second kappa shape index (κ2) is 6.92. The van der Waals surface area contributed by atoms with Gasteiger partial charge in [0.1, 0.15) is 18.2 Å². The van der Waals surface area contributed by atoms with Crippen LogP contribution in [0.15, 0.2) is 47.0 Å². The normalized spacial score (nSPS) is 15.5. The summed E-state index contributed by atoms with van der Waals surface area (Å²) in [6.07, 6.45) is 0. The van der Waals surface area contributed by atoms with E-state index in [1.165, 1.54) is 6.07 Å². The molecule has 3 heterocycles. The molecule has 6 nitrogen and oxygen atoms in total. The van der Waals surface area contributed by atoms with Crippen molar-refractivity contribution in [2.75, 3.05) is 31.1 Å². The second-order valence-corrected chi connectivity index (χ2v) is 7.36. The van der Waals surface area contributed by atoms with Crippen LogP contribution in [-0.2, 0) is 6.61 Å². The number of fused-ring (bicyclic) bond motifs is 3. The molecule has 0 radical (unpaired) electrons. The van der Waals surface area contributed by atoms with E-state index in [1.54, 1.807) is 17.0 Å². The Balaban J connectivity index is 1.35. The Labute approximate surface area is 167 Å². The van der Waals surface area contributed by atoms with Gasteiger partial charge < -0.3 is 19.1 Å². The topological polar surface area (TPSA) is 58.8 Å². The number of aromatic nitrogens is 1. The van der Waals surface area contributed by atoms with Gasteiger partial charge in [0.15, 0.2) is 11.5 Å². The number of benzene rings is 2. The summed E-state index contributed by atoms with van der Waals surface area (Å²) in [5.41, 5.74) is 3.45. The van der Waals surface area contributed by atoms with Crippen molar-refractivity contribution in [3.8, 4) is 17.1 Å². The lowest BCUT2D eigenvalue weighted by atomic mass is 10.0. The molecular formula is C22H20FN3O3. The predicted octanol–water partition coefficient (Wildman–Crippen LogP) is 3.64. The molecule has 7 heteroatoms. The molecule has 5 rings (SSSR count). The van der Waals surface area contributed by atoms with E-state index in [-0.39, 0.29) is 18.3 Å². The first-order valence-corrected chi connectivity index (χ1v) is 9.63. The SMILES string of the molecule is Cc1ccc2c(c1)-c1onc(C(=O)N3CCN(c4ccccc4F)CC3)c1CO2. The third kappa shape index (κ3) is 3.03. The lowest BCUT2D eigenvalue weighted by Gasteiger charge is -2.36. The molecule has 0 saturated carbocycles. The van der Waals surface area contributed by atoms with E-state index in [9.17, 15) is 9.18 Å². The van der Waals surface area contributed by atoms with Crippen LogP contribution in [0.5, 0.6) is 5.75 Å². The van der Waals surface area contributed by atoms with Crippen molar-refractivity contribution >= 4 is 11.6 Å². The van der Waals surface area contributed by atoms with Crippen molar-refractivity contribution in [3.63, 3.8) is 0 Å². The largest absolute Gasteiger partial charge is 0.488 e. The van der Waals surface area contributed by atoms with Gasteiger partial charge in [0, 0.05) is 26.2 Å². The van der Waals surface area contributed by atoms with Crippen molar-refractivity contribution in [1.29, 1.82) is 0 Å². The fourth-order valence-corrected chi connectivity index (χ4v) is 3.93. The van der Waals surface area contributed by atoms with Gasteiger partial charge in [-0.25, -0.2) is 4.39 Å². The van der Waals surface area contributed by atoms with Crippen molar-refractivity contribution in [3.05, 3.63) is 65.1 Å². The van der Waals surface area contributed by atoms with Gasteiger partial charge in [-0.3, -0.25) is 4.79 Å². The van der Waals surface area contributed by atoms with Gasteiger partial charge in [0.05, 0.1) is 16.8 Å². The highest BCUT2D eigenvalue weighted by molar-refractivity contribution is 5.95. The summed E-state index contributed by atoms with van der Waals surface area (Å²) in [7, 11) is 0. The number of amides is 1. The molecular weight excluding hydrogens is 373 g/mol. The highest BCUT2D eigenvalue weighted by Gasteiger charge is 2.32. The Morgan fingerprint density at radius 2 is 1.90 bits per heavy atom. The number of ether oxygens (including phenoxy) is 1. The molecule has 148 valence electrons. The van der Waals surface area contributed by atoms with Gasteiger partial charge in [-0.1, -0.05) is 28.9 Å². The van der Waals surface area contributed by atoms with Crippen LogP contribution in [-0.4, -0.2) is 42.1 Å². The molecule has 0 unspecified atom stereocenters. The average Bonchev–Trinajstić information content (AvgIpc) is 3.18. The molecule has 1 amide bonds. The van der Waals surface area contributed by atoms with Gasteiger partial charge in [0.25, 0.3) is 5.91 Å². The lowest BCUT2D eigenvalue weighted by Crippen LogP contribution is -2.49. The highest BCUT2D eigenvalue weighted by atomic mass is 19.1. The summed E-state index contributed by atoms with van der Waals surface area (Å²) in [5, 5.41) is 4.07. The smallest absolute Gasteiger partial charge is 0.276 e. The minimum absolute atomic E-state index is 0.178. The quantitative estimate of drug-likeness (QED) is 0.665. The Morgan fingerprint density at radius 1 is 1.10 bits per heavy atom. The van der Waals surface area contributed by atoms with Gasteiger partial charge in [-0.2, -0.15) is 0 Å². The number of anilines is 1. The first-order chi connectivity index (χ1) is 14.1. The van der Waals surface area contributed by atoms with Crippen molar-refractivity contribution in [1.82, 2.24) is 10.1 Å². The molecule has 2 aliphatic heterocycles. The van der Waals surface area contributed by atoms with Gasteiger partial charge in [0.2, 0.25) is 0 Å². The van der Waals surface area contributed by atoms with E-state index in [2.05, 4.69) is 5.16 Å². The number of rotatable bonds is 2. The van der Waals surface area contributed by atoms with Crippen LogP contribution in [0, 0.1) is 12.7 Å². The number of carbonyl (C=O) groups is 1. The summed E-state index contributed by atoms with van der Waals surface area (Å²) in [6.45, 7) is 4.35. The second-order valence-electron chi connectivity index (χ2n) is 7.36. The van der Waals surface area contributed by atoms with Crippen LogP contribution >= 0.6 is 0 Å². The van der Waals surface area contributed by atoms with E-state index in [1.807, 2.05) is 36.1 Å². The van der Waals surface area contributed by atoms with Crippen molar-refractivity contribution in [2.45, 2.75) is 13.5 Å². The molecule has 0 aliphatic carbocycles. The zero-order chi connectivity index (χ0) is 20.0. The monoisotopic (exact) mass is 393 g/mol. The summed E-state index contributed by atoms with van der Waals surface area (Å²) in [4.78, 5) is 16.8. The molecule has 0 atom stereocenters. The fraction of sp³-hybridized carbons (Fsp3) is 0.273. The summed E-state index contributed by atoms with van der Waals surface area (Å²) >= 11 is 0. The van der Waals surface area contributed by atoms with E-state index in [0.717, 1.165) is 16.9 Å². The van der Waals surface area contributed by atoms with Gasteiger partial charge in [-0.05, 0) is 31.2 Å². The number of hydrogen-bond acceptors (Lipinski definition) is 5. The van der Waals surface area contributed by atoms with E-state index in [4.69, 9.17) is 9.26 Å². The molecule has 0 N–H and O–H groups in total. The van der Waals surface area contributed by atoms with Crippen LogP contribution < -0.4 is 9.64 Å². The molecule has 29 heavy (non-hydrogen) atoms. The third-order valence-electron chi connectivity index (χ3n) is 5.50. The van der Waals surface area contributed by atoms with Crippen molar-refractivity contribution < 1.29 is 18.4 Å². The molecule has 2 aromatic carbocycles. The van der Waals surface area contributed by atoms with Gasteiger partial charge >= 0.3 is 0 Å². The minimum atomic E-state index is -0.246. The summed E-state index contributed by atoms with van der Waals surface area (Å²) < 4.78 is 25.4. The highest BCUT2D eigenvalue weighted by Crippen LogP contribution is 2.39. The van der Waals surface area contributed by atoms with Crippen LogP contribution in [0.25, 0.3) is 11.3 Å².